The van der Waals surface area contributed by atoms with E-state index in [1.165, 1.54) is 68.6 Å². The highest BCUT2D eigenvalue weighted by atomic mass is 19.1. The van der Waals surface area contributed by atoms with Crippen LogP contribution in [0.1, 0.15) is 60.4 Å². The Bertz CT molecular complexity index is 888. The fraction of sp³-hybridized carbons (Fsp3) is 0.500. The van der Waals surface area contributed by atoms with Crippen molar-refractivity contribution in [3.8, 4) is 5.75 Å². The van der Waals surface area contributed by atoms with Crippen molar-refractivity contribution in [2.24, 2.45) is 11.8 Å². The predicted molar refractivity (Wildman–Crippen MR) is 115 cm³/mol. The molecule has 3 fully saturated rings. The molecule has 30 heavy (non-hydrogen) atoms. The van der Waals surface area contributed by atoms with Gasteiger partial charge in [-0.1, -0.05) is 24.6 Å². The smallest absolute Gasteiger partial charge is 0.200 e. The first kappa shape index (κ1) is 19.7. The zero-order valence-electron chi connectivity index (χ0n) is 17.4. The van der Waals surface area contributed by atoms with Crippen molar-refractivity contribution < 1.29 is 13.9 Å². The number of ketones is 1. The van der Waals surface area contributed by atoms with Crippen molar-refractivity contribution in [2.45, 2.75) is 50.5 Å². The van der Waals surface area contributed by atoms with Crippen LogP contribution in [0.3, 0.4) is 0 Å². The summed E-state index contributed by atoms with van der Waals surface area (Å²) in [7, 11) is 0. The Labute approximate surface area is 178 Å². The number of para-hydroxylation sites is 1. The van der Waals surface area contributed by atoms with Crippen molar-refractivity contribution >= 4 is 5.78 Å². The number of carbonyl (C=O) groups excluding carboxylic acids is 1. The summed E-state index contributed by atoms with van der Waals surface area (Å²) in [6.45, 7) is 2.31. The van der Waals surface area contributed by atoms with Crippen LogP contribution < -0.4 is 4.74 Å². The largest absolute Gasteiger partial charge is 0.485 e. The Morgan fingerprint density at radius 1 is 0.967 bits per heavy atom. The molecule has 2 aromatic carbocycles. The average Bonchev–Trinajstić information content (AvgIpc) is 3.42. The number of rotatable bonds is 6. The Morgan fingerprint density at radius 2 is 1.73 bits per heavy atom. The van der Waals surface area contributed by atoms with E-state index in [2.05, 4.69) is 17.0 Å². The number of hydrogen-bond acceptors (Lipinski definition) is 3. The Balaban J connectivity index is 1.20. The summed E-state index contributed by atoms with van der Waals surface area (Å²) in [5.74, 6) is 2.76. The fourth-order valence-corrected chi connectivity index (χ4v) is 6.01. The molecule has 3 aliphatic rings. The summed E-state index contributed by atoms with van der Waals surface area (Å²) in [5, 5.41) is 0. The molecule has 1 saturated heterocycles. The van der Waals surface area contributed by atoms with Crippen LogP contribution in [0.25, 0.3) is 0 Å². The van der Waals surface area contributed by atoms with Gasteiger partial charge in [0, 0.05) is 11.6 Å². The number of fused-ring (bicyclic) bond motifs is 2. The normalized spacial score (nSPS) is 26.8. The Morgan fingerprint density at radius 3 is 2.43 bits per heavy atom. The first-order chi connectivity index (χ1) is 14.7. The maximum absolute atomic E-state index is 13.1. The third kappa shape index (κ3) is 4.02. The van der Waals surface area contributed by atoms with E-state index in [9.17, 15) is 9.18 Å². The van der Waals surface area contributed by atoms with Crippen LogP contribution in [-0.2, 0) is 0 Å². The molecule has 0 amide bonds. The minimum Gasteiger partial charge on any atom is -0.485 e. The summed E-state index contributed by atoms with van der Waals surface area (Å²) in [6, 6.07) is 14.6. The molecular weight excluding hydrogens is 377 g/mol. The van der Waals surface area contributed by atoms with Crippen LogP contribution in [0, 0.1) is 17.7 Å². The summed E-state index contributed by atoms with van der Waals surface area (Å²) in [5.41, 5.74) is 1.70. The van der Waals surface area contributed by atoms with Crippen LogP contribution in [-0.4, -0.2) is 36.4 Å². The van der Waals surface area contributed by atoms with Gasteiger partial charge in [-0.3, -0.25) is 4.79 Å². The number of hydrogen-bond donors (Lipinski definition) is 0. The van der Waals surface area contributed by atoms with Crippen molar-refractivity contribution in [1.82, 2.24) is 4.90 Å². The second-order valence-electron chi connectivity index (χ2n) is 9.31. The molecule has 158 valence electrons. The van der Waals surface area contributed by atoms with E-state index in [0.29, 0.717) is 11.5 Å². The van der Waals surface area contributed by atoms with Gasteiger partial charge in [0.15, 0.2) is 12.4 Å². The third-order valence-electron chi connectivity index (χ3n) is 7.58. The lowest BCUT2D eigenvalue weighted by molar-refractivity contribution is 0.0917. The molecule has 4 heteroatoms. The summed E-state index contributed by atoms with van der Waals surface area (Å²) in [6.07, 6.45) is 8.08. The first-order valence-electron chi connectivity index (χ1n) is 11.4. The number of benzene rings is 2. The van der Waals surface area contributed by atoms with E-state index >= 15 is 0 Å². The lowest BCUT2D eigenvalue weighted by Gasteiger charge is -2.40. The molecule has 1 aliphatic heterocycles. The second-order valence-corrected chi connectivity index (χ2v) is 9.31. The van der Waals surface area contributed by atoms with Crippen molar-refractivity contribution in [3.05, 3.63) is 65.5 Å². The predicted octanol–water partition coefficient (Wildman–Crippen LogP) is 5.46. The molecule has 2 saturated carbocycles. The van der Waals surface area contributed by atoms with Gasteiger partial charge in [-0.05, 0) is 98.8 Å². The highest BCUT2D eigenvalue weighted by Gasteiger charge is 2.43. The van der Waals surface area contributed by atoms with Crippen LogP contribution in [0.4, 0.5) is 4.39 Å². The molecular formula is C26H30FNO2. The van der Waals surface area contributed by atoms with Crippen molar-refractivity contribution in [1.29, 1.82) is 0 Å². The Kier molecular flexibility index (Phi) is 5.60. The van der Waals surface area contributed by atoms with E-state index in [1.807, 2.05) is 12.1 Å². The maximum Gasteiger partial charge on any atom is 0.200 e. The molecule has 3 nitrogen and oxygen atoms in total. The van der Waals surface area contributed by atoms with Gasteiger partial charge in [-0.25, -0.2) is 4.39 Å². The van der Waals surface area contributed by atoms with Gasteiger partial charge in [-0.2, -0.15) is 0 Å². The van der Waals surface area contributed by atoms with Crippen molar-refractivity contribution in [3.63, 3.8) is 0 Å². The Hall–Kier alpha value is -2.20. The van der Waals surface area contributed by atoms with E-state index in [0.717, 1.165) is 36.5 Å². The molecule has 3 atom stereocenters. The maximum atomic E-state index is 13.1. The fourth-order valence-electron chi connectivity index (χ4n) is 6.01. The lowest BCUT2D eigenvalue weighted by atomic mass is 9.86. The third-order valence-corrected chi connectivity index (χ3v) is 7.58. The molecule has 5 rings (SSSR count). The van der Waals surface area contributed by atoms with Crippen LogP contribution in [0.15, 0.2) is 48.5 Å². The van der Waals surface area contributed by atoms with Gasteiger partial charge in [0.1, 0.15) is 11.6 Å². The number of carbonyl (C=O) groups is 1. The van der Waals surface area contributed by atoms with Crippen LogP contribution in [0.2, 0.25) is 0 Å². The molecule has 0 spiro atoms. The number of halogens is 1. The van der Waals surface area contributed by atoms with Gasteiger partial charge < -0.3 is 9.64 Å². The van der Waals surface area contributed by atoms with Crippen LogP contribution in [0.5, 0.6) is 5.75 Å². The molecule has 0 unspecified atom stereocenters. The van der Waals surface area contributed by atoms with E-state index in [4.69, 9.17) is 4.74 Å². The summed E-state index contributed by atoms with van der Waals surface area (Å²) in [4.78, 5) is 15.2. The van der Waals surface area contributed by atoms with E-state index < -0.39 is 0 Å². The molecule has 2 bridgehead atoms. The van der Waals surface area contributed by atoms with E-state index in [1.54, 1.807) is 0 Å². The van der Waals surface area contributed by atoms with Gasteiger partial charge >= 0.3 is 0 Å². The lowest BCUT2D eigenvalue weighted by Crippen LogP contribution is -2.43. The molecule has 0 radical (unpaired) electrons. The second kappa shape index (κ2) is 8.50. The number of nitrogens with zero attached hydrogens (tertiary/aromatic N) is 1. The molecule has 0 N–H and O–H groups in total. The van der Waals surface area contributed by atoms with Gasteiger partial charge in [0.2, 0.25) is 0 Å². The highest BCUT2D eigenvalue weighted by Crippen LogP contribution is 2.47. The average molecular weight is 408 g/mol. The van der Waals surface area contributed by atoms with Gasteiger partial charge in [-0.15, -0.1) is 0 Å². The molecule has 2 aliphatic carbocycles. The van der Waals surface area contributed by atoms with Gasteiger partial charge in [0.25, 0.3) is 0 Å². The zero-order chi connectivity index (χ0) is 20.5. The monoisotopic (exact) mass is 407 g/mol. The quantitative estimate of drug-likeness (QED) is 0.596. The summed E-state index contributed by atoms with van der Waals surface area (Å²) < 4.78 is 19.0. The highest BCUT2D eigenvalue weighted by molar-refractivity contribution is 5.97. The van der Waals surface area contributed by atoms with Crippen molar-refractivity contribution in [2.75, 3.05) is 19.7 Å². The topological polar surface area (TPSA) is 29.5 Å². The standard InChI is InChI=1S/C26H30FNO2/c27-22-9-7-20(8-10-22)25(29)17-30-26-4-2-1-3-23(26)19-11-13-28(14-12-19)24-16-18-5-6-21(24)15-18/h1-4,7-10,18-19,21,24H,5-6,11-17H2/t18-,21-,24-/m0/s1. The molecule has 1 heterocycles. The number of piperidine rings is 1. The number of Topliss-reactive ketones (excluding diaryl/α,β-unsaturated/α-hetero) is 1. The van der Waals surface area contributed by atoms with E-state index in [-0.39, 0.29) is 18.2 Å². The number of likely N-dealkylation sites (tertiary alicyclic amines) is 1. The molecule has 2 aromatic rings. The van der Waals surface area contributed by atoms with Gasteiger partial charge in [0.05, 0.1) is 0 Å². The first-order valence-corrected chi connectivity index (χ1v) is 11.4. The summed E-state index contributed by atoms with van der Waals surface area (Å²) >= 11 is 0. The minimum atomic E-state index is -0.338. The number of ether oxygens (including phenoxy) is 1. The van der Waals surface area contributed by atoms with Crippen LogP contribution >= 0.6 is 0 Å². The molecule has 0 aromatic heterocycles. The minimum absolute atomic E-state index is 0.0212. The SMILES string of the molecule is O=C(COc1ccccc1C1CCN([C@H]2C[C@H]3CC[C@H]2C3)CC1)c1ccc(F)cc1. The zero-order valence-corrected chi connectivity index (χ0v) is 17.4.